The Morgan fingerprint density at radius 1 is 1.02 bits per heavy atom. The van der Waals surface area contributed by atoms with Crippen molar-refractivity contribution < 1.29 is 28.5 Å². The zero-order valence-corrected chi connectivity index (χ0v) is 28.3. The number of hydrogen-bond donors (Lipinski definition) is 3. The first kappa shape index (κ1) is 34.1. The van der Waals surface area contributed by atoms with Crippen LogP contribution in [-0.2, 0) is 30.4 Å². The van der Waals surface area contributed by atoms with Crippen molar-refractivity contribution in [2.24, 2.45) is 11.3 Å². The van der Waals surface area contributed by atoms with Crippen molar-refractivity contribution in [2.45, 2.75) is 122 Å². The van der Waals surface area contributed by atoms with Crippen LogP contribution >= 0.6 is 0 Å². The Morgan fingerprint density at radius 3 is 2.47 bits per heavy atom. The smallest absolute Gasteiger partial charge is 0.247 e. The van der Waals surface area contributed by atoms with Crippen molar-refractivity contribution in [1.82, 2.24) is 16.0 Å². The Kier molecular flexibility index (Phi) is 11.1. The van der Waals surface area contributed by atoms with Gasteiger partial charge in [0.05, 0.1) is 37.2 Å². The van der Waals surface area contributed by atoms with Crippen LogP contribution in [0.3, 0.4) is 0 Å². The second kappa shape index (κ2) is 14.7. The number of hydrogen-bond acceptors (Lipinski definition) is 8. The monoisotopic (exact) mass is 628 g/mol. The number of ether oxygens (including phenoxy) is 4. The zero-order chi connectivity index (χ0) is 32.2. The van der Waals surface area contributed by atoms with Gasteiger partial charge in [-0.1, -0.05) is 19.9 Å². The molecule has 1 unspecified atom stereocenters. The summed E-state index contributed by atoms with van der Waals surface area (Å²) in [5, 5.41) is 10.2. The number of carbonyl (C=O) groups is 2. The predicted octanol–water partition coefficient (Wildman–Crippen LogP) is 3.94. The van der Waals surface area contributed by atoms with Crippen molar-refractivity contribution in [3.63, 3.8) is 0 Å². The molecule has 3 N–H and O–H groups in total. The molecule has 0 spiro atoms. The first-order chi connectivity index (χ1) is 21.5. The molecule has 1 aromatic rings. The Balaban J connectivity index is 1.09. The predicted molar refractivity (Wildman–Crippen MR) is 174 cm³/mol. The molecule has 1 saturated carbocycles. The molecule has 5 rings (SSSR count). The summed E-state index contributed by atoms with van der Waals surface area (Å²) < 4.78 is 23.7. The third-order valence-electron chi connectivity index (χ3n) is 10.2. The maximum atomic E-state index is 13.7. The Labute approximate surface area is 269 Å². The minimum atomic E-state index is -0.495. The molecule has 3 aliphatic heterocycles. The summed E-state index contributed by atoms with van der Waals surface area (Å²) >= 11 is 0. The molecule has 1 aliphatic carbocycles. The van der Waals surface area contributed by atoms with Crippen LogP contribution in [0.5, 0.6) is 5.75 Å². The highest BCUT2D eigenvalue weighted by molar-refractivity contribution is 5.99. The van der Waals surface area contributed by atoms with Gasteiger partial charge in [0, 0.05) is 38.8 Å². The molecule has 4 aliphatic rings. The van der Waals surface area contributed by atoms with Gasteiger partial charge in [0.25, 0.3) is 0 Å². The number of carbonyl (C=O) groups excluding carboxylic acids is 2. The van der Waals surface area contributed by atoms with E-state index < -0.39 is 11.0 Å². The SMILES string of the molecule is COC1CCC(CNC(=O)C(C)(C)C[C@@H]2CC[C@@H](OCc3ccc4c(c3)N(C(=O)[C@H]3NCCC3OC)CC(C)(C)O4)CN2)CC1. The van der Waals surface area contributed by atoms with Gasteiger partial charge in [-0.25, -0.2) is 0 Å². The van der Waals surface area contributed by atoms with Crippen molar-refractivity contribution in [3.05, 3.63) is 23.8 Å². The lowest BCUT2D eigenvalue weighted by Crippen LogP contribution is -2.55. The molecule has 4 atom stereocenters. The first-order valence-electron chi connectivity index (χ1n) is 17.0. The number of nitrogens with zero attached hydrogens (tertiary/aromatic N) is 1. The maximum absolute atomic E-state index is 13.7. The molecular weight excluding hydrogens is 572 g/mol. The second-order valence-corrected chi connectivity index (χ2v) is 14.9. The molecule has 252 valence electrons. The summed E-state index contributed by atoms with van der Waals surface area (Å²) in [6.07, 6.45) is 8.26. The number of fused-ring (bicyclic) bond motifs is 1. The van der Waals surface area contributed by atoms with Crippen molar-refractivity contribution >= 4 is 17.5 Å². The first-order valence-corrected chi connectivity index (χ1v) is 17.0. The van der Waals surface area contributed by atoms with Gasteiger partial charge in [-0.3, -0.25) is 9.59 Å². The summed E-state index contributed by atoms with van der Waals surface area (Å²) in [4.78, 5) is 28.7. The molecule has 10 nitrogen and oxygen atoms in total. The summed E-state index contributed by atoms with van der Waals surface area (Å²) in [6.45, 7) is 11.3. The number of methoxy groups -OCH3 is 2. The van der Waals surface area contributed by atoms with Crippen LogP contribution < -0.4 is 25.6 Å². The second-order valence-electron chi connectivity index (χ2n) is 14.9. The van der Waals surface area contributed by atoms with Crippen LogP contribution in [0.2, 0.25) is 0 Å². The largest absolute Gasteiger partial charge is 0.484 e. The molecule has 45 heavy (non-hydrogen) atoms. The average Bonchev–Trinajstić information content (AvgIpc) is 3.51. The minimum Gasteiger partial charge on any atom is -0.484 e. The third kappa shape index (κ3) is 8.57. The summed E-state index contributed by atoms with van der Waals surface area (Å²) in [7, 11) is 3.46. The fourth-order valence-corrected chi connectivity index (χ4v) is 7.47. The summed E-state index contributed by atoms with van der Waals surface area (Å²) in [5.74, 6) is 1.42. The van der Waals surface area contributed by atoms with Crippen LogP contribution in [0.4, 0.5) is 5.69 Å². The van der Waals surface area contributed by atoms with Gasteiger partial charge >= 0.3 is 0 Å². The quantitative estimate of drug-likeness (QED) is 0.338. The number of anilines is 1. The number of piperidine rings is 1. The highest BCUT2D eigenvalue weighted by Gasteiger charge is 2.42. The summed E-state index contributed by atoms with van der Waals surface area (Å²) in [6, 6.07) is 5.93. The molecule has 0 aromatic heterocycles. The van der Waals surface area contributed by atoms with E-state index in [4.69, 9.17) is 18.9 Å². The maximum Gasteiger partial charge on any atom is 0.247 e. The lowest BCUT2D eigenvalue weighted by atomic mass is 9.81. The van der Waals surface area contributed by atoms with Gasteiger partial charge in [-0.05, 0) is 95.4 Å². The normalized spacial score (nSPS) is 30.0. The fourth-order valence-electron chi connectivity index (χ4n) is 7.47. The fraction of sp³-hybridized carbons (Fsp3) is 0.771. The van der Waals surface area contributed by atoms with E-state index in [1.54, 1.807) is 14.2 Å². The van der Waals surface area contributed by atoms with Gasteiger partial charge in [-0.15, -0.1) is 0 Å². The molecule has 10 heteroatoms. The van der Waals surface area contributed by atoms with Crippen LogP contribution in [-0.4, -0.2) is 88.2 Å². The standard InChI is InChI=1S/C35H56N4O6/c1-34(2,33(41)38-19-23-7-11-26(42-5)12-8-23)18-25-10-13-27(20-37-25)44-21-24-9-14-29-28(17-24)39(22-35(3,4)45-29)32(40)31-30(43-6)15-16-36-31/h9,14,17,23,25-27,30-31,36-37H,7-8,10-13,15-16,18-22H2,1-6H3,(H,38,41)/t23?,25-,26?,27+,30?,31-/m0/s1. The minimum absolute atomic E-state index is 0.0170. The van der Waals surface area contributed by atoms with Crippen molar-refractivity contribution in [3.8, 4) is 5.75 Å². The number of amides is 2. The average molecular weight is 629 g/mol. The molecule has 1 aromatic carbocycles. The topological polar surface area (TPSA) is 110 Å². The van der Waals surface area contributed by atoms with Gasteiger partial charge in [0.2, 0.25) is 11.8 Å². The number of benzene rings is 1. The number of rotatable bonds is 11. The van der Waals surface area contributed by atoms with Gasteiger partial charge in [0.15, 0.2) is 0 Å². The Hall–Kier alpha value is -2.24. The van der Waals surface area contributed by atoms with Crippen LogP contribution in [0.15, 0.2) is 18.2 Å². The van der Waals surface area contributed by atoms with E-state index >= 15 is 0 Å². The molecule has 3 heterocycles. The van der Waals surface area contributed by atoms with E-state index in [1.165, 1.54) is 0 Å². The van der Waals surface area contributed by atoms with Crippen LogP contribution in [0.25, 0.3) is 0 Å². The number of nitrogens with one attached hydrogen (secondary N) is 3. The third-order valence-corrected chi connectivity index (χ3v) is 10.2. The Bertz CT molecular complexity index is 1160. The molecule has 3 fully saturated rings. The van der Waals surface area contributed by atoms with Crippen LogP contribution in [0.1, 0.15) is 84.6 Å². The van der Waals surface area contributed by atoms with Gasteiger partial charge in [-0.2, -0.15) is 0 Å². The van der Waals surface area contributed by atoms with E-state index in [1.807, 2.05) is 36.9 Å². The Morgan fingerprint density at radius 2 is 1.78 bits per heavy atom. The van der Waals surface area contributed by atoms with Gasteiger partial charge < -0.3 is 39.8 Å². The van der Waals surface area contributed by atoms with E-state index in [0.29, 0.717) is 30.9 Å². The van der Waals surface area contributed by atoms with E-state index in [0.717, 1.165) is 82.3 Å². The van der Waals surface area contributed by atoms with Crippen molar-refractivity contribution in [1.29, 1.82) is 0 Å². The summed E-state index contributed by atoms with van der Waals surface area (Å²) in [5.41, 5.74) is 0.864. The van der Waals surface area contributed by atoms with E-state index in [-0.39, 0.29) is 36.1 Å². The highest BCUT2D eigenvalue weighted by Crippen LogP contribution is 2.39. The molecule has 2 saturated heterocycles. The van der Waals surface area contributed by atoms with Crippen LogP contribution in [0, 0.1) is 11.3 Å². The molecule has 0 radical (unpaired) electrons. The molecule has 2 amide bonds. The van der Waals surface area contributed by atoms with E-state index in [9.17, 15) is 9.59 Å². The van der Waals surface area contributed by atoms with Gasteiger partial charge in [0.1, 0.15) is 17.4 Å². The molecular formula is C35H56N4O6. The zero-order valence-electron chi connectivity index (χ0n) is 28.3. The van der Waals surface area contributed by atoms with E-state index in [2.05, 4.69) is 29.8 Å². The lowest BCUT2D eigenvalue weighted by Gasteiger charge is -2.41. The highest BCUT2D eigenvalue weighted by atomic mass is 16.5. The lowest BCUT2D eigenvalue weighted by molar-refractivity contribution is -0.130. The molecule has 0 bridgehead atoms. The van der Waals surface area contributed by atoms with Crippen molar-refractivity contribution in [2.75, 3.05) is 45.3 Å².